The molecule has 3 aromatic carbocycles. The van der Waals surface area contributed by atoms with Crippen LogP contribution in [0.4, 0.5) is 5.69 Å². The Balaban J connectivity index is 1.20. The Morgan fingerprint density at radius 2 is 1.70 bits per heavy atom. The van der Waals surface area contributed by atoms with E-state index in [0.717, 1.165) is 56.8 Å². The number of hydrogen-bond acceptors (Lipinski definition) is 4. The molecule has 0 saturated heterocycles. The van der Waals surface area contributed by atoms with E-state index in [9.17, 15) is 0 Å². The lowest BCUT2D eigenvalue weighted by Crippen LogP contribution is -2.26. The zero-order valence-electron chi connectivity index (χ0n) is 21.6. The zero-order valence-corrected chi connectivity index (χ0v) is 23.2. The number of fused-ring (bicyclic) bond motifs is 1. The zero-order chi connectivity index (χ0) is 26.2. The topological polar surface area (TPSA) is 55.5 Å². The summed E-state index contributed by atoms with van der Waals surface area (Å²) in [5, 5.41) is 5.82. The molecule has 5 nitrogen and oxygen atoms in total. The predicted molar refractivity (Wildman–Crippen MR) is 157 cm³/mol. The highest BCUT2D eigenvalue weighted by atomic mass is 35.5. The van der Waals surface area contributed by atoms with Crippen molar-refractivity contribution in [2.24, 2.45) is 7.05 Å². The monoisotopic (exact) mass is 538 g/mol. The molecule has 0 fully saturated rings. The molecule has 0 saturated carbocycles. The van der Waals surface area contributed by atoms with Gasteiger partial charge in [-0.25, -0.2) is 0 Å². The van der Waals surface area contributed by atoms with Crippen molar-refractivity contribution in [1.82, 2.24) is 14.8 Å². The normalized spacial score (nSPS) is 11.5. The second-order valence-electron chi connectivity index (χ2n) is 9.59. The molecule has 1 aromatic heterocycles. The Morgan fingerprint density at radius 1 is 0.919 bits per heavy atom. The standard InChI is InChI=1S/C30H36Cl2N4O/c1-35(15-6-13-34-14-11-23-17-27(31)28(32)19-29(23)33)16-12-24-20-36(2)30-10-9-25(18-26(24)30)37-21-22-7-4-3-5-8-22/h3-5,7-10,17-20,34H,6,11-16,21,33H2,1-2H3. The van der Waals surface area contributed by atoms with Crippen LogP contribution in [-0.2, 0) is 26.5 Å². The van der Waals surface area contributed by atoms with Crippen LogP contribution in [0.15, 0.2) is 66.9 Å². The molecule has 0 amide bonds. The van der Waals surface area contributed by atoms with E-state index < -0.39 is 0 Å². The first-order valence-corrected chi connectivity index (χ1v) is 13.5. The average molecular weight is 540 g/mol. The van der Waals surface area contributed by atoms with Crippen LogP contribution in [0.1, 0.15) is 23.1 Å². The van der Waals surface area contributed by atoms with Gasteiger partial charge in [0.25, 0.3) is 0 Å². The first kappa shape index (κ1) is 27.3. The maximum Gasteiger partial charge on any atom is 0.120 e. The Hall–Kier alpha value is -2.70. The van der Waals surface area contributed by atoms with Gasteiger partial charge in [0.05, 0.1) is 10.0 Å². The molecule has 0 aliphatic rings. The van der Waals surface area contributed by atoms with E-state index in [1.165, 1.54) is 22.0 Å². The van der Waals surface area contributed by atoms with Gasteiger partial charge in [-0.2, -0.15) is 0 Å². The van der Waals surface area contributed by atoms with Gasteiger partial charge >= 0.3 is 0 Å². The number of anilines is 1. The van der Waals surface area contributed by atoms with Crippen LogP contribution in [0.3, 0.4) is 0 Å². The molecule has 0 spiro atoms. The Labute approximate surface area is 230 Å². The number of nitrogens with two attached hydrogens (primary N) is 1. The first-order chi connectivity index (χ1) is 17.9. The third kappa shape index (κ3) is 7.65. The number of aryl methyl sites for hydroxylation is 1. The molecule has 0 radical (unpaired) electrons. The van der Waals surface area contributed by atoms with Gasteiger partial charge in [0, 0.05) is 36.4 Å². The van der Waals surface area contributed by atoms with E-state index >= 15 is 0 Å². The maximum absolute atomic E-state index is 6.11. The molecule has 0 aliphatic carbocycles. The number of halogens is 2. The van der Waals surface area contributed by atoms with Gasteiger partial charge in [0.1, 0.15) is 12.4 Å². The predicted octanol–water partition coefficient (Wildman–Crippen LogP) is 6.34. The fraction of sp³-hybridized carbons (Fsp3) is 0.333. The van der Waals surface area contributed by atoms with Gasteiger partial charge < -0.3 is 25.3 Å². The molecule has 4 aromatic rings. The van der Waals surface area contributed by atoms with Gasteiger partial charge in [0.2, 0.25) is 0 Å². The number of likely N-dealkylation sites (N-methyl/N-ethyl adjacent to an activating group) is 1. The van der Waals surface area contributed by atoms with E-state index in [0.29, 0.717) is 22.3 Å². The van der Waals surface area contributed by atoms with Gasteiger partial charge in [-0.1, -0.05) is 53.5 Å². The van der Waals surface area contributed by atoms with Crippen LogP contribution < -0.4 is 15.8 Å². The fourth-order valence-electron chi connectivity index (χ4n) is 4.55. The summed E-state index contributed by atoms with van der Waals surface area (Å²) in [5.41, 5.74) is 11.5. The van der Waals surface area contributed by atoms with Gasteiger partial charge in [-0.05, 0) is 93.0 Å². The highest BCUT2D eigenvalue weighted by molar-refractivity contribution is 6.42. The number of ether oxygens (including phenoxy) is 1. The van der Waals surface area contributed by atoms with Crippen molar-refractivity contribution in [1.29, 1.82) is 0 Å². The van der Waals surface area contributed by atoms with E-state index in [-0.39, 0.29) is 0 Å². The van der Waals surface area contributed by atoms with Crippen molar-refractivity contribution in [3.63, 3.8) is 0 Å². The number of hydrogen-bond donors (Lipinski definition) is 2. The minimum absolute atomic E-state index is 0.499. The lowest BCUT2D eigenvalue weighted by molar-refractivity contribution is 0.306. The van der Waals surface area contributed by atoms with Crippen molar-refractivity contribution in [3.05, 3.63) is 93.6 Å². The summed E-state index contributed by atoms with van der Waals surface area (Å²) in [4.78, 5) is 2.40. The molecular formula is C30H36Cl2N4O. The van der Waals surface area contributed by atoms with E-state index in [1.807, 2.05) is 24.3 Å². The first-order valence-electron chi connectivity index (χ1n) is 12.8. The molecule has 196 valence electrons. The molecular weight excluding hydrogens is 503 g/mol. The van der Waals surface area contributed by atoms with Crippen molar-refractivity contribution < 1.29 is 4.74 Å². The lowest BCUT2D eigenvalue weighted by Gasteiger charge is -2.16. The highest BCUT2D eigenvalue weighted by Gasteiger charge is 2.10. The quantitative estimate of drug-likeness (QED) is 0.154. The molecule has 0 atom stereocenters. The van der Waals surface area contributed by atoms with E-state index in [1.54, 1.807) is 6.07 Å². The SMILES string of the molecule is CN(CCCNCCc1cc(Cl)c(Cl)cc1N)CCc1cn(C)c2ccc(OCc3ccccc3)cc12. The fourth-order valence-corrected chi connectivity index (χ4v) is 4.91. The molecule has 7 heteroatoms. The Bertz CT molecular complexity index is 1310. The summed E-state index contributed by atoms with van der Waals surface area (Å²) in [6.07, 6.45) is 5.16. The van der Waals surface area contributed by atoms with Crippen LogP contribution >= 0.6 is 23.2 Å². The summed E-state index contributed by atoms with van der Waals surface area (Å²) >= 11 is 12.1. The second-order valence-corrected chi connectivity index (χ2v) is 10.4. The van der Waals surface area contributed by atoms with Crippen molar-refractivity contribution in [2.45, 2.75) is 25.9 Å². The molecule has 1 heterocycles. The van der Waals surface area contributed by atoms with Crippen molar-refractivity contribution in [3.8, 4) is 5.75 Å². The maximum atomic E-state index is 6.11. The molecule has 0 aliphatic heterocycles. The second kappa shape index (κ2) is 13.2. The number of benzene rings is 3. The Kier molecular flexibility index (Phi) is 9.75. The smallest absolute Gasteiger partial charge is 0.120 e. The number of rotatable bonds is 13. The van der Waals surface area contributed by atoms with Crippen molar-refractivity contribution >= 4 is 39.8 Å². The minimum Gasteiger partial charge on any atom is -0.489 e. The van der Waals surface area contributed by atoms with Crippen LogP contribution in [0.25, 0.3) is 10.9 Å². The van der Waals surface area contributed by atoms with E-state index in [4.69, 9.17) is 33.7 Å². The molecule has 0 unspecified atom stereocenters. The number of nitrogen functional groups attached to an aromatic ring is 1. The molecule has 0 bridgehead atoms. The summed E-state index contributed by atoms with van der Waals surface area (Å²) in [6.45, 7) is 4.44. The van der Waals surface area contributed by atoms with Crippen LogP contribution in [0, 0.1) is 0 Å². The third-order valence-electron chi connectivity index (χ3n) is 6.70. The Morgan fingerprint density at radius 3 is 2.51 bits per heavy atom. The lowest BCUT2D eigenvalue weighted by atomic mass is 10.1. The van der Waals surface area contributed by atoms with Crippen molar-refractivity contribution in [2.75, 3.05) is 39.0 Å². The average Bonchev–Trinajstić information content (AvgIpc) is 3.21. The number of nitrogens with one attached hydrogen (secondary N) is 1. The van der Waals surface area contributed by atoms with Gasteiger partial charge in [-0.3, -0.25) is 0 Å². The third-order valence-corrected chi connectivity index (χ3v) is 7.42. The summed E-state index contributed by atoms with van der Waals surface area (Å²) in [5.74, 6) is 0.908. The highest BCUT2D eigenvalue weighted by Crippen LogP contribution is 2.28. The molecule has 37 heavy (non-hydrogen) atoms. The van der Waals surface area contributed by atoms with Gasteiger partial charge in [0.15, 0.2) is 0 Å². The number of nitrogens with zero attached hydrogens (tertiary/aromatic N) is 2. The number of aromatic nitrogens is 1. The van der Waals surface area contributed by atoms with E-state index in [2.05, 4.69) is 65.4 Å². The van der Waals surface area contributed by atoms with Crippen LogP contribution in [0.5, 0.6) is 5.75 Å². The summed E-state index contributed by atoms with van der Waals surface area (Å²) in [6, 6.07) is 20.3. The summed E-state index contributed by atoms with van der Waals surface area (Å²) < 4.78 is 8.28. The van der Waals surface area contributed by atoms with Crippen LogP contribution in [-0.4, -0.2) is 42.7 Å². The largest absolute Gasteiger partial charge is 0.489 e. The van der Waals surface area contributed by atoms with Crippen LogP contribution in [0.2, 0.25) is 10.0 Å². The summed E-state index contributed by atoms with van der Waals surface area (Å²) in [7, 11) is 4.30. The van der Waals surface area contributed by atoms with Gasteiger partial charge in [-0.15, -0.1) is 0 Å². The molecule has 4 rings (SSSR count). The minimum atomic E-state index is 0.499. The molecule has 3 N–H and O–H groups in total.